The van der Waals surface area contributed by atoms with Gasteiger partial charge in [0.05, 0.1) is 6.20 Å². The lowest BCUT2D eigenvalue weighted by molar-refractivity contribution is 0.181. The second kappa shape index (κ2) is 6.37. The maximum Gasteiger partial charge on any atom is 0.0521 e. The molecule has 0 radical (unpaired) electrons. The number of nitrogens with zero attached hydrogens (tertiary/aromatic N) is 2. The predicted molar refractivity (Wildman–Crippen MR) is 75.6 cm³/mol. The third-order valence-corrected chi connectivity index (χ3v) is 4.18. The van der Waals surface area contributed by atoms with Crippen LogP contribution in [0.5, 0.6) is 0 Å². The van der Waals surface area contributed by atoms with Gasteiger partial charge < -0.3 is 5.32 Å². The number of hydrogen-bond donors (Lipinski definition) is 1. The third-order valence-electron chi connectivity index (χ3n) is 4.18. The van der Waals surface area contributed by atoms with Crippen LogP contribution >= 0.6 is 0 Å². The van der Waals surface area contributed by atoms with Gasteiger partial charge in [-0.3, -0.25) is 4.68 Å². The first-order chi connectivity index (χ1) is 8.74. The molecule has 0 saturated heterocycles. The Balaban J connectivity index is 1.99. The molecule has 1 heterocycles. The fourth-order valence-electron chi connectivity index (χ4n) is 3.24. The number of hydrogen-bond acceptors (Lipinski definition) is 2. The Kier molecular flexibility index (Phi) is 4.81. The van der Waals surface area contributed by atoms with E-state index in [1.807, 2.05) is 17.9 Å². The zero-order valence-electron chi connectivity index (χ0n) is 11.9. The van der Waals surface area contributed by atoms with Gasteiger partial charge in [0.1, 0.15) is 0 Å². The van der Waals surface area contributed by atoms with E-state index in [0.29, 0.717) is 5.41 Å². The van der Waals surface area contributed by atoms with E-state index < -0.39 is 0 Å². The van der Waals surface area contributed by atoms with Crippen molar-refractivity contribution < 1.29 is 0 Å². The lowest BCUT2D eigenvalue weighted by Crippen LogP contribution is -2.38. The highest BCUT2D eigenvalue weighted by Crippen LogP contribution is 2.38. The summed E-state index contributed by atoms with van der Waals surface area (Å²) in [4.78, 5) is 0. The second-order valence-electron chi connectivity index (χ2n) is 5.94. The highest BCUT2D eigenvalue weighted by molar-refractivity contribution is 5.08. The van der Waals surface area contributed by atoms with Crippen molar-refractivity contribution in [3.63, 3.8) is 0 Å². The molecule has 2 rings (SSSR count). The highest BCUT2D eigenvalue weighted by Gasteiger charge is 2.32. The van der Waals surface area contributed by atoms with E-state index in [1.165, 1.54) is 57.1 Å². The summed E-state index contributed by atoms with van der Waals surface area (Å²) in [6.45, 7) is 4.56. The molecule has 1 saturated carbocycles. The van der Waals surface area contributed by atoms with Crippen molar-refractivity contribution >= 4 is 0 Å². The summed E-state index contributed by atoms with van der Waals surface area (Å²) in [5.41, 5.74) is 1.88. The molecular weight excluding hydrogens is 222 g/mol. The predicted octanol–water partition coefficient (Wildman–Crippen LogP) is 2.91. The second-order valence-corrected chi connectivity index (χ2v) is 5.94. The van der Waals surface area contributed by atoms with Crippen molar-refractivity contribution in [2.24, 2.45) is 12.5 Å². The van der Waals surface area contributed by atoms with Gasteiger partial charge in [-0.25, -0.2) is 0 Å². The van der Waals surface area contributed by atoms with Crippen molar-refractivity contribution in [1.29, 1.82) is 0 Å². The molecule has 1 N–H and O–H groups in total. The molecule has 0 aromatic carbocycles. The standard InChI is InChI=1S/C15H27N3/c1-3-9-16-13-15(7-5-4-6-8-15)10-14-11-17-18(2)12-14/h11-12,16H,3-10,13H2,1-2H3. The van der Waals surface area contributed by atoms with Crippen LogP contribution in [0, 0.1) is 5.41 Å². The molecular formula is C15H27N3. The van der Waals surface area contributed by atoms with Gasteiger partial charge in [-0.15, -0.1) is 0 Å². The van der Waals surface area contributed by atoms with E-state index >= 15 is 0 Å². The van der Waals surface area contributed by atoms with E-state index in [2.05, 4.69) is 23.5 Å². The molecule has 0 aliphatic heterocycles. The van der Waals surface area contributed by atoms with Crippen LogP contribution in [0.2, 0.25) is 0 Å². The topological polar surface area (TPSA) is 29.9 Å². The van der Waals surface area contributed by atoms with Gasteiger partial charge in [0.15, 0.2) is 0 Å². The van der Waals surface area contributed by atoms with E-state index in [9.17, 15) is 0 Å². The average molecular weight is 249 g/mol. The number of nitrogens with one attached hydrogen (secondary N) is 1. The Morgan fingerprint density at radius 2 is 2.11 bits per heavy atom. The Morgan fingerprint density at radius 1 is 1.33 bits per heavy atom. The molecule has 0 atom stereocenters. The summed E-state index contributed by atoms with van der Waals surface area (Å²) in [6, 6.07) is 0. The lowest BCUT2D eigenvalue weighted by Gasteiger charge is -2.37. The van der Waals surface area contributed by atoms with Gasteiger partial charge in [0.25, 0.3) is 0 Å². The molecule has 1 aromatic rings. The van der Waals surface area contributed by atoms with Crippen LogP contribution in [0.4, 0.5) is 0 Å². The minimum absolute atomic E-state index is 0.483. The molecule has 3 heteroatoms. The van der Waals surface area contributed by atoms with Gasteiger partial charge >= 0.3 is 0 Å². The molecule has 102 valence electrons. The lowest BCUT2D eigenvalue weighted by atomic mass is 9.70. The maximum atomic E-state index is 4.31. The monoisotopic (exact) mass is 249 g/mol. The molecule has 0 amide bonds. The maximum absolute atomic E-state index is 4.31. The fraction of sp³-hybridized carbons (Fsp3) is 0.800. The smallest absolute Gasteiger partial charge is 0.0521 e. The zero-order chi connectivity index (χ0) is 12.8. The summed E-state index contributed by atoms with van der Waals surface area (Å²) in [5.74, 6) is 0. The Morgan fingerprint density at radius 3 is 2.72 bits per heavy atom. The van der Waals surface area contributed by atoms with E-state index in [4.69, 9.17) is 0 Å². The number of rotatable bonds is 6. The summed E-state index contributed by atoms with van der Waals surface area (Å²) in [5, 5.41) is 7.95. The molecule has 3 nitrogen and oxygen atoms in total. The zero-order valence-corrected chi connectivity index (χ0v) is 11.9. The largest absolute Gasteiger partial charge is 0.316 e. The summed E-state index contributed by atoms with van der Waals surface area (Å²) in [6.07, 6.45) is 13.6. The minimum Gasteiger partial charge on any atom is -0.316 e. The average Bonchev–Trinajstić information content (AvgIpc) is 2.76. The molecule has 0 bridgehead atoms. The van der Waals surface area contributed by atoms with Crippen molar-refractivity contribution in [2.45, 2.75) is 51.9 Å². The molecule has 0 spiro atoms. The Bertz CT molecular complexity index is 350. The van der Waals surface area contributed by atoms with Crippen molar-refractivity contribution in [3.05, 3.63) is 18.0 Å². The summed E-state index contributed by atoms with van der Waals surface area (Å²) in [7, 11) is 2.01. The van der Waals surface area contributed by atoms with E-state index in [-0.39, 0.29) is 0 Å². The van der Waals surface area contributed by atoms with E-state index in [1.54, 1.807) is 0 Å². The van der Waals surface area contributed by atoms with Crippen LogP contribution in [0.25, 0.3) is 0 Å². The SMILES string of the molecule is CCCNCC1(Cc2cnn(C)c2)CCCCC1. The van der Waals surface area contributed by atoms with Crippen LogP contribution < -0.4 is 5.32 Å². The Hall–Kier alpha value is -0.830. The quantitative estimate of drug-likeness (QED) is 0.786. The van der Waals surface area contributed by atoms with Crippen LogP contribution in [0.3, 0.4) is 0 Å². The van der Waals surface area contributed by atoms with Crippen molar-refractivity contribution in [3.8, 4) is 0 Å². The molecule has 1 fully saturated rings. The third kappa shape index (κ3) is 3.58. The van der Waals surface area contributed by atoms with Crippen LogP contribution in [0.1, 0.15) is 51.0 Å². The van der Waals surface area contributed by atoms with Gasteiger partial charge in [-0.1, -0.05) is 26.2 Å². The van der Waals surface area contributed by atoms with Crippen LogP contribution in [0.15, 0.2) is 12.4 Å². The normalized spacial score (nSPS) is 19.0. The first-order valence-corrected chi connectivity index (χ1v) is 7.42. The molecule has 18 heavy (non-hydrogen) atoms. The van der Waals surface area contributed by atoms with Gasteiger partial charge in [0, 0.05) is 19.8 Å². The summed E-state index contributed by atoms with van der Waals surface area (Å²) >= 11 is 0. The van der Waals surface area contributed by atoms with Gasteiger partial charge in [-0.2, -0.15) is 5.10 Å². The van der Waals surface area contributed by atoms with Crippen molar-refractivity contribution in [1.82, 2.24) is 15.1 Å². The number of aryl methyl sites for hydroxylation is 1. The minimum atomic E-state index is 0.483. The highest BCUT2D eigenvalue weighted by atomic mass is 15.2. The molecule has 0 unspecified atom stereocenters. The fourth-order valence-corrected chi connectivity index (χ4v) is 3.24. The van der Waals surface area contributed by atoms with Crippen LogP contribution in [-0.2, 0) is 13.5 Å². The Labute approximate surface area is 111 Å². The number of aromatic nitrogens is 2. The molecule has 1 aliphatic rings. The summed E-state index contributed by atoms with van der Waals surface area (Å²) < 4.78 is 1.92. The van der Waals surface area contributed by atoms with Gasteiger partial charge in [-0.05, 0) is 43.2 Å². The molecule has 1 aliphatic carbocycles. The molecule has 1 aromatic heterocycles. The van der Waals surface area contributed by atoms with E-state index in [0.717, 1.165) is 6.54 Å². The van der Waals surface area contributed by atoms with Gasteiger partial charge in [0.2, 0.25) is 0 Å². The van der Waals surface area contributed by atoms with Crippen LogP contribution in [-0.4, -0.2) is 22.9 Å². The first kappa shape index (κ1) is 13.6. The first-order valence-electron chi connectivity index (χ1n) is 7.42. The van der Waals surface area contributed by atoms with Crippen molar-refractivity contribution in [2.75, 3.05) is 13.1 Å².